The molecule has 29 heavy (non-hydrogen) atoms. The van der Waals surface area contributed by atoms with Crippen molar-refractivity contribution in [3.63, 3.8) is 0 Å². The minimum atomic E-state index is -0.214. The first-order valence-corrected chi connectivity index (χ1v) is 9.59. The maximum atomic E-state index is 12.4. The van der Waals surface area contributed by atoms with Gasteiger partial charge in [-0.25, -0.2) is 4.98 Å². The van der Waals surface area contributed by atoms with Crippen LogP contribution in [0.3, 0.4) is 0 Å². The van der Waals surface area contributed by atoms with Crippen molar-refractivity contribution in [2.24, 2.45) is 0 Å². The van der Waals surface area contributed by atoms with Gasteiger partial charge in [-0.1, -0.05) is 35.9 Å². The van der Waals surface area contributed by atoms with Crippen molar-refractivity contribution in [1.29, 1.82) is 0 Å². The lowest BCUT2D eigenvalue weighted by atomic mass is 10.1. The number of fused-ring (bicyclic) bond motifs is 1. The molecule has 0 saturated heterocycles. The lowest BCUT2D eigenvalue weighted by Gasteiger charge is -2.09. The molecule has 0 unspecified atom stereocenters. The molecular formula is C24H19ClN2O2. The fourth-order valence-electron chi connectivity index (χ4n) is 3.08. The van der Waals surface area contributed by atoms with Crippen LogP contribution < -0.4 is 5.32 Å². The van der Waals surface area contributed by atoms with Crippen molar-refractivity contribution in [1.82, 2.24) is 4.98 Å². The van der Waals surface area contributed by atoms with E-state index in [0.717, 1.165) is 33.4 Å². The molecule has 0 aliphatic heterocycles. The molecule has 4 rings (SSSR count). The number of hydrogen-bond acceptors (Lipinski definition) is 3. The normalized spacial score (nSPS) is 11.3. The summed E-state index contributed by atoms with van der Waals surface area (Å²) >= 11 is 5.88. The van der Waals surface area contributed by atoms with Crippen LogP contribution in [0.1, 0.15) is 16.7 Å². The Hall–Kier alpha value is -3.37. The number of anilines is 1. The minimum Gasteiger partial charge on any atom is -0.436 e. The molecule has 0 aliphatic carbocycles. The lowest BCUT2D eigenvalue weighted by molar-refractivity contribution is -0.111. The van der Waals surface area contributed by atoms with Crippen molar-refractivity contribution in [3.8, 4) is 11.5 Å². The quantitative estimate of drug-likeness (QED) is 0.401. The second kappa shape index (κ2) is 7.94. The molecule has 0 bridgehead atoms. The number of aromatic nitrogens is 1. The third kappa shape index (κ3) is 4.23. The summed E-state index contributed by atoms with van der Waals surface area (Å²) in [5.74, 6) is 0.323. The van der Waals surface area contributed by atoms with E-state index in [-0.39, 0.29) is 5.91 Å². The Balaban J connectivity index is 1.57. The topological polar surface area (TPSA) is 55.1 Å². The maximum absolute atomic E-state index is 12.4. The SMILES string of the molecule is Cc1ccc2oc(-c3cccc(NC(=O)/C=C/c4ccc(Cl)cc4)c3C)nc2c1. The molecule has 0 fully saturated rings. The van der Waals surface area contributed by atoms with Gasteiger partial charge in [-0.3, -0.25) is 4.79 Å². The number of hydrogen-bond donors (Lipinski definition) is 1. The molecule has 0 saturated carbocycles. The van der Waals surface area contributed by atoms with Crippen LogP contribution >= 0.6 is 11.6 Å². The number of carbonyl (C=O) groups excluding carboxylic acids is 1. The number of rotatable bonds is 4. The number of amides is 1. The Labute approximate surface area is 173 Å². The van der Waals surface area contributed by atoms with Crippen LogP contribution in [-0.2, 0) is 4.79 Å². The van der Waals surface area contributed by atoms with Gasteiger partial charge in [0.05, 0.1) is 0 Å². The molecule has 144 valence electrons. The van der Waals surface area contributed by atoms with Gasteiger partial charge < -0.3 is 9.73 Å². The maximum Gasteiger partial charge on any atom is 0.248 e. The zero-order valence-corrected chi connectivity index (χ0v) is 16.8. The number of carbonyl (C=O) groups is 1. The van der Waals surface area contributed by atoms with Crippen molar-refractivity contribution in [3.05, 3.63) is 88.5 Å². The van der Waals surface area contributed by atoms with E-state index in [1.54, 1.807) is 18.2 Å². The molecule has 5 heteroatoms. The fourth-order valence-corrected chi connectivity index (χ4v) is 3.20. The van der Waals surface area contributed by atoms with E-state index in [2.05, 4.69) is 10.3 Å². The fraction of sp³-hybridized carbons (Fsp3) is 0.0833. The summed E-state index contributed by atoms with van der Waals surface area (Å²) in [6.45, 7) is 3.96. The van der Waals surface area contributed by atoms with E-state index in [0.29, 0.717) is 16.6 Å². The Kier molecular flexibility index (Phi) is 5.19. The van der Waals surface area contributed by atoms with E-state index in [1.165, 1.54) is 6.08 Å². The molecule has 1 heterocycles. The van der Waals surface area contributed by atoms with E-state index in [1.807, 2.05) is 62.4 Å². The van der Waals surface area contributed by atoms with Gasteiger partial charge in [0, 0.05) is 22.3 Å². The van der Waals surface area contributed by atoms with Gasteiger partial charge in [0.1, 0.15) is 5.52 Å². The molecule has 1 aromatic heterocycles. The summed E-state index contributed by atoms with van der Waals surface area (Å²) in [5.41, 5.74) is 6.04. The average molecular weight is 403 g/mol. The molecule has 0 spiro atoms. The molecule has 0 radical (unpaired) electrons. The Morgan fingerprint density at radius 1 is 1.07 bits per heavy atom. The summed E-state index contributed by atoms with van der Waals surface area (Å²) in [6.07, 6.45) is 3.24. The number of benzene rings is 3. The minimum absolute atomic E-state index is 0.214. The number of halogens is 1. The Morgan fingerprint density at radius 3 is 2.66 bits per heavy atom. The number of oxazole rings is 1. The van der Waals surface area contributed by atoms with E-state index < -0.39 is 0 Å². The highest BCUT2D eigenvalue weighted by Crippen LogP contribution is 2.30. The van der Waals surface area contributed by atoms with Crippen LogP contribution in [0.25, 0.3) is 28.6 Å². The highest BCUT2D eigenvalue weighted by molar-refractivity contribution is 6.30. The second-order valence-electron chi connectivity index (χ2n) is 6.84. The highest BCUT2D eigenvalue weighted by atomic mass is 35.5. The van der Waals surface area contributed by atoms with Gasteiger partial charge in [-0.2, -0.15) is 0 Å². The first kappa shape index (κ1) is 19.0. The predicted molar refractivity (Wildman–Crippen MR) is 118 cm³/mol. The van der Waals surface area contributed by atoms with Crippen molar-refractivity contribution in [2.45, 2.75) is 13.8 Å². The van der Waals surface area contributed by atoms with Gasteiger partial charge in [0.2, 0.25) is 11.8 Å². The molecule has 1 N–H and O–H groups in total. The van der Waals surface area contributed by atoms with Crippen molar-refractivity contribution < 1.29 is 9.21 Å². The van der Waals surface area contributed by atoms with Crippen molar-refractivity contribution >= 4 is 40.4 Å². The van der Waals surface area contributed by atoms with Gasteiger partial charge in [0.25, 0.3) is 0 Å². The molecule has 1 amide bonds. The smallest absolute Gasteiger partial charge is 0.248 e. The Bertz CT molecular complexity index is 1220. The molecule has 0 aliphatic rings. The molecule has 0 atom stereocenters. The summed E-state index contributed by atoms with van der Waals surface area (Å²) < 4.78 is 5.92. The molecule has 3 aromatic carbocycles. The first-order valence-electron chi connectivity index (χ1n) is 9.21. The highest BCUT2D eigenvalue weighted by Gasteiger charge is 2.13. The zero-order chi connectivity index (χ0) is 20.4. The standard InChI is InChI=1S/C24H19ClN2O2/c1-15-6-12-22-21(14-15)27-24(29-22)19-4-3-5-20(16(19)2)26-23(28)13-9-17-7-10-18(25)11-8-17/h3-14H,1-2H3,(H,26,28)/b13-9+. The van der Waals surface area contributed by atoms with Crippen LogP contribution in [0.5, 0.6) is 0 Å². The summed E-state index contributed by atoms with van der Waals surface area (Å²) in [7, 11) is 0. The van der Waals surface area contributed by atoms with Crippen LogP contribution in [0, 0.1) is 13.8 Å². The zero-order valence-electron chi connectivity index (χ0n) is 16.1. The number of nitrogens with zero attached hydrogens (tertiary/aromatic N) is 1. The monoisotopic (exact) mass is 402 g/mol. The summed E-state index contributed by atoms with van der Waals surface area (Å²) in [5, 5.41) is 3.58. The molecule has 4 aromatic rings. The Morgan fingerprint density at radius 2 is 1.86 bits per heavy atom. The van der Waals surface area contributed by atoms with E-state index in [4.69, 9.17) is 16.0 Å². The predicted octanol–water partition coefficient (Wildman–Crippen LogP) is 6.42. The lowest BCUT2D eigenvalue weighted by Crippen LogP contribution is -2.09. The van der Waals surface area contributed by atoms with Gasteiger partial charge in [0.15, 0.2) is 5.58 Å². The molecule has 4 nitrogen and oxygen atoms in total. The van der Waals surface area contributed by atoms with Crippen LogP contribution in [0.2, 0.25) is 5.02 Å². The van der Waals surface area contributed by atoms with Crippen LogP contribution in [0.4, 0.5) is 5.69 Å². The third-order valence-corrected chi connectivity index (χ3v) is 4.91. The van der Waals surface area contributed by atoms with E-state index >= 15 is 0 Å². The average Bonchev–Trinajstić information content (AvgIpc) is 3.12. The van der Waals surface area contributed by atoms with Gasteiger partial charge in [-0.15, -0.1) is 0 Å². The van der Waals surface area contributed by atoms with Crippen molar-refractivity contribution in [2.75, 3.05) is 5.32 Å². The number of aryl methyl sites for hydroxylation is 1. The number of nitrogens with one attached hydrogen (secondary N) is 1. The summed E-state index contributed by atoms with van der Waals surface area (Å²) in [4.78, 5) is 17.0. The first-order chi connectivity index (χ1) is 14.0. The molecular weight excluding hydrogens is 384 g/mol. The largest absolute Gasteiger partial charge is 0.436 e. The van der Waals surface area contributed by atoms with E-state index in [9.17, 15) is 4.79 Å². The van der Waals surface area contributed by atoms with Crippen LogP contribution in [-0.4, -0.2) is 10.9 Å². The summed E-state index contributed by atoms with van der Waals surface area (Å²) in [6, 6.07) is 18.9. The van der Waals surface area contributed by atoms with Gasteiger partial charge >= 0.3 is 0 Å². The van der Waals surface area contributed by atoms with Gasteiger partial charge in [-0.05, 0) is 73.0 Å². The third-order valence-electron chi connectivity index (χ3n) is 4.66. The second-order valence-corrected chi connectivity index (χ2v) is 7.28. The van der Waals surface area contributed by atoms with Crippen LogP contribution in [0.15, 0.2) is 71.2 Å².